The Bertz CT molecular complexity index is 603. The molecule has 1 aliphatic heterocycles. The molecule has 0 saturated carbocycles. The van der Waals surface area contributed by atoms with Gasteiger partial charge in [-0.1, -0.05) is 0 Å². The molecule has 1 atom stereocenters. The van der Waals surface area contributed by atoms with Gasteiger partial charge in [-0.2, -0.15) is 4.31 Å². The highest BCUT2D eigenvalue weighted by atomic mass is 32.2. The molecule has 0 amide bonds. The first kappa shape index (κ1) is 15.4. The van der Waals surface area contributed by atoms with Crippen molar-refractivity contribution in [2.24, 2.45) is 0 Å². The van der Waals surface area contributed by atoms with E-state index in [1.807, 2.05) is 0 Å². The zero-order chi connectivity index (χ0) is 14.9. The van der Waals surface area contributed by atoms with Crippen LogP contribution in [0.4, 0.5) is 4.39 Å². The van der Waals surface area contributed by atoms with Gasteiger partial charge in [-0.05, 0) is 31.5 Å². The second-order valence-electron chi connectivity index (χ2n) is 4.91. The van der Waals surface area contributed by atoms with E-state index in [9.17, 15) is 12.8 Å². The third-order valence-corrected chi connectivity index (χ3v) is 5.38. The molecule has 1 saturated heterocycles. The molecule has 112 valence electrons. The lowest BCUT2D eigenvalue weighted by Gasteiger charge is -2.32. The number of rotatable bonds is 3. The summed E-state index contributed by atoms with van der Waals surface area (Å²) in [4.78, 5) is 0.00852. The minimum atomic E-state index is -3.71. The van der Waals surface area contributed by atoms with Crippen LogP contribution >= 0.6 is 0 Å². The van der Waals surface area contributed by atoms with Crippen LogP contribution in [0.3, 0.4) is 0 Å². The molecule has 0 aliphatic carbocycles. The third-order valence-electron chi connectivity index (χ3n) is 3.39. The minimum Gasteiger partial charge on any atom is -0.392 e. The molecule has 0 bridgehead atoms. The Balaban J connectivity index is 2.46. The molecule has 7 heteroatoms. The number of aryl methyl sites for hydroxylation is 1. The molecular formula is C13H18FNO4S. The largest absolute Gasteiger partial charge is 0.392 e. The fourth-order valence-electron chi connectivity index (χ4n) is 2.28. The number of aliphatic hydroxyl groups excluding tert-OH is 1. The van der Waals surface area contributed by atoms with Gasteiger partial charge in [-0.15, -0.1) is 0 Å². The summed E-state index contributed by atoms with van der Waals surface area (Å²) in [5, 5.41) is 9.13. The number of hydrogen-bond donors (Lipinski definition) is 1. The maximum absolute atomic E-state index is 13.7. The number of hydrogen-bond acceptors (Lipinski definition) is 4. The molecule has 0 spiro atoms. The first-order valence-electron chi connectivity index (χ1n) is 6.37. The minimum absolute atomic E-state index is 0.00852. The molecule has 5 nitrogen and oxygen atoms in total. The molecule has 1 fully saturated rings. The highest BCUT2D eigenvalue weighted by Crippen LogP contribution is 2.24. The number of halogens is 1. The summed E-state index contributed by atoms with van der Waals surface area (Å²) in [6.45, 7) is 3.67. The van der Waals surface area contributed by atoms with E-state index in [2.05, 4.69) is 0 Å². The van der Waals surface area contributed by atoms with Crippen molar-refractivity contribution in [2.75, 3.05) is 19.8 Å². The molecule has 1 aliphatic rings. The molecule has 2 rings (SSSR count). The topological polar surface area (TPSA) is 66.8 Å². The number of aliphatic hydroxyl groups is 1. The van der Waals surface area contributed by atoms with Crippen molar-refractivity contribution in [3.8, 4) is 0 Å². The smallest absolute Gasteiger partial charge is 0.243 e. The zero-order valence-corrected chi connectivity index (χ0v) is 12.3. The monoisotopic (exact) mass is 303 g/mol. The number of nitrogens with zero attached hydrogens (tertiary/aromatic N) is 1. The lowest BCUT2D eigenvalue weighted by molar-refractivity contribution is 0.0392. The highest BCUT2D eigenvalue weighted by molar-refractivity contribution is 7.89. The average Bonchev–Trinajstić information content (AvgIpc) is 2.41. The summed E-state index contributed by atoms with van der Waals surface area (Å²) in [7, 11) is -3.71. The highest BCUT2D eigenvalue weighted by Gasteiger charge is 2.32. The summed E-state index contributed by atoms with van der Waals surface area (Å²) >= 11 is 0. The van der Waals surface area contributed by atoms with Gasteiger partial charge in [-0.25, -0.2) is 12.8 Å². The Morgan fingerprint density at radius 1 is 1.50 bits per heavy atom. The summed E-state index contributed by atoms with van der Waals surface area (Å²) < 4.78 is 45.5. The lowest BCUT2D eigenvalue weighted by Crippen LogP contribution is -2.46. The van der Waals surface area contributed by atoms with Crippen LogP contribution in [0.25, 0.3) is 0 Å². The second kappa shape index (κ2) is 5.77. The predicted molar refractivity (Wildman–Crippen MR) is 71.2 cm³/mol. The predicted octanol–water partition coefficient (Wildman–Crippen LogP) is 1.04. The van der Waals surface area contributed by atoms with Crippen LogP contribution in [0.1, 0.15) is 18.1 Å². The summed E-state index contributed by atoms with van der Waals surface area (Å²) in [5.74, 6) is -0.568. The number of morpholine rings is 1. The van der Waals surface area contributed by atoms with Crippen LogP contribution in [0.15, 0.2) is 17.0 Å². The van der Waals surface area contributed by atoms with Gasteiger partial charge in [0.25, 0.3) is 0 Å². The van der Waals surface area contributed by atoms with Crippen LogP contribution in [0.2, 0.25) is 0 Å². The standard InChI is InChI=1S/C13H18FNO4S/c1-9-5-12(6-11(7-16)13(9)14)20(17,18)15-3-4-19-8-10(15)2/h5-6,10,16H,3-4,7-8H2,1-2H3. The second-order valence-corrected chi connectivity index (χ2v) is 6.80. The van der Waals surface area contributed by atoms with E-state index < -0.39 is 22.4 Å². The van der Waals surface area contributed by atoms with E-state index >= 15 is 0 Å². The van der Waals surface area contributed by atoms with Crippen LogP contribution in [0, 0.1) is 12.7 Å². The maximum atomic E-state index is 13.7. The molecular weight excluding hydrogens is 285 g/mol. The van der Waals surface area contributed by atoms with E-state index in [0.29, 0.717) is 13.2 Å². The normalized spacial score (nSPS) is 21.1. The van der Waals surface area contributed by atoms with Gasteiger partial charge < -0.3 is 9.84 Å². The fraction of sp³-hybridized carbons (Fsp3) is 0.538. The van der Waals surface area contributed by atoms with Crippen molar-refractivity contribution >= 4 is 10.0 Å². The number of ether oxygens (including phenoxy) is 1. The quantitative estimate of drug-likeness (QED) is 0.906. The molecule has 1 aromatic carbocycles. The molecule has 0 aromatic heterocycles. The van der Waals surface area contributed by atoms with Crippen LogP contribution in [-0.4, -0.2) is 43.6 Å². The Morgan fingerprint density at radius 3 is 2.80 bits per heavy atom. The number of benzene rings is 1. The van der Waals surface area contributed by atoms with Gasteiger partial charge in [0.2, 0.25) is 10.0 Å². The molecule has 20 heavy (non-hydrogen) atoms. The van der Waals surface area contributed by atoms with Gasteiger partial charge >= 0.3 is 0 Å². The first-order chi connectivity index (χ1) is 9.37. The van der Waals surface area contributed by atoms with Crippen molar-refractivity contribution < 1.29 is 22.7 Å². The van der Waals surface area contributed by atoms with Gasteiger partial charge in [0.1, 0.15) is 5.82 Å². The molecule has 0 radical (unpaired) electrons. The molecule has 1 aromatic rings. The third kappa shape index (κ3) is 2.71. The van der Waals surface area contributed by atoms with Crippen LogP contribution < -0.4 is 0 Å². The van der Waals surface area contributed by atoms with Gasteiger partial charge in [-0.3, -0.25) is 0 Å². The zero-order valence-electron chi connectivity index (χ0n) is 11.5. The molecule has 1 unspecified atom stereocenters. The summed E-state index contributed by atoms with van der Waals surface area (Å²) in [6.07, 6.45) is 0. The first-order valence-corrected chi connectivity index (χ1v) is 7.81. The van der Waals surface area contributed by atoms with Crippen molar-refractivity contribution in [3.05, 3.63) is 29.1 Å². The van der Waals surface area contributed by atoms with E-state index in [0.717, 1.165) is 0 Å². The van der Waals surface area contributed by atoms with Crippen molar-refractivity contribution in [2.45, 2.75) is 31.4 Å². The summed E-state index contributed by atoms with van der Waals surface area (Å²) in [5.41, 5.74) is 0.195. The Kier molecular flexibility index (Phi) is 4.43. The SMILES string of the molecule is Cc1cc(S(=O)(=O)N2CCOCC2C)cc(CO)c1F. The maximum Gasteiger partial charge on any atom is 0.243 e. The fourth-order valence-corrected chi connectivity index (χ4v) is 4.01. The van der Waals surface area contributed by atoms with E-state index in [1.165, 1.54) is 23.4 Å². The van der Waals surface area contributed by atoms with Crippen molar-refractivity contribution in [1.29, 1.82) is 0 Å². The van der Waals surface area contributed by atoms with Crippen molar-refractivity contribution in [3.63, 3.8) is 0 Å². The molecule has 1 N–H and O–H groups in total. The summed E-state index contributed by atoms with van der Waals surface area (Å²) in [6, 6.07) is 2.22. The van der Waals surface area contributed by atoms with E-state index in [1.54, 1.807) is 6.92 Å². The Labute approximate surface area is 118 Å². The average molecular weight is 303 g/mol. The number of sulfonamides is 1. The molecule has 1 heterocycles. The van der Waals surface area contributed by atoms with E-state index in [4.69, 9.17) is 9.84 Å². The van der Waals surface area contributed by atoms with Gasteiger partial charge in [0.05, 0.1) is 24.7 Å². The Hall–Kier alpha value is -1.02. The van der Waals surface area contributed by atoms with Crippen molar-refractivity contribution in [1.82, 2.24) is 4.31 Å². The van der Waals surface area contributed by atoms with Gasteiger partial charge in [0.15, 0.2) is 0 Å². The van der Waals surface area contributed by atoms with Crippen LogP contribution in [0.5, 0.6) is 0 Å². The van der Waals surface area contributed by atoms with Gasteiger partial charge in [0, 0.05) is 18.2 Å². The van der Waals surface area contributed by atoms with E-state index in [-0.39, 0.29) is 28.6 Å². The van der Waals surface area contributed by atoms with Crippen LogP contribution in [-0.2, 0) is 21.4 Å². The lowest BCUT2D eigenvalue weighted by atomic mass is 10.1. The Morgan fingerprint density at radius 2 is 2.20 bits per heavy atom.